The fraction of sp³-hybridized carbons (Fsp3) is 0.333. The van der Waals surface area contributed by atoms with E-state index in [1.54, 1.807) is 22.2 Å². The smallest absolute Gasteiger partial charge is 0.250 e. The van der Waals surface area contributed by atoms with E-state index in [1.807, 2.05) is 24.7 Å². The average molecular weight is 330 g/mol. The summed E-state index contributed by atoms with van der Waals surface area (Å²) in [6.45, 7) is 2.63. The Bertz CT molecular complexity index is 901. The second kappa shape index (κ2) is 6.41. The second-order valence-corrected chi connectivity index (χ2v) is 5.91. The molecule has 0 saturated heterocycles. The van der Waals surface area contributed by atoms with Gasteiger partial charge in [0.15, 0.2) is 10.8 Å². The number of aromatic nitrogens is 5. The first-order valence-corrected chi connectivity index (χ1v) is 8.53. The van der Waals surface area contributed by atoms with Crippen molar-refractivity contribution in [2.45, 2.75) is 25.0 Å². The summed E-state index contributed by atoms with van der Waals surface area (Å²) in [5.41, 5.74) is 2.89. The highest BCUT2D eigenvalue weighted by molar-refractivity contribution is 7.98. The number of nitrogens with zero attached hydrogens (tertiary/aromatic N) is 5. The minimum Gasteiger partial charge on any atom is -0.350 e. The number of nitrogens with one attached hydrogen (secondary N) is 1. The summed E-state index contributed by atoms with van der Waals surface area (Å²) in [4.78, 5) is 20.5. The van der Waals surface area contributed by atoms with Crippen molar-refractivity contribution < 1.29 is 0 Å². The monoisotopic (exact) mass is 330 g/mol. The maximum atomic E-state index is 11.4. The van der Waals surface area contributed by atoms with Crippen molar-refractivity contribution in [1.29, 1.82) is 0 Å². The topological polar surface area (TPSA) is 77.1 Å². The maximum absolute atomic E-state index is 11.4. The molecule has 23 heavy (non-hydrogen) atoms. The number of hydrogen-bond donors (Lipinski definition) is 1. The molecule has 3 aromatic rings. The molecule has 0 unspecified atom stereocenters. The van der Waals surface area contributed by atoms with Gasteiger partial charge in [-0.15, -0.1) is 0 Å². The lowest BCUT2D eigenvalue weighted by molar-refractivity contribution is 0.817. The van der Waals surface area contributed by atoms with Crippen molar-refractivity contribution in [3.63, 3.8) is 0 Å². The summed E-state index contributed by atoms with van der Waals surface area (Å²) in [7, 11) is 1.74. The quantitative estimate of drug-likeness (QED) is 0.718. The lowest BCUT2D eigenvalue weighted by Gasteiger charge is -2.09. The van der Waals surface area contributed by atoms with Crippen LogP contribution >= 0.6 is 11.8 Å². The van der Waals surface area contributed by atoms with Crippen LogP contribution in [0.1, 0.15) is 18.1 Å². The molecule has 7 nitrogen and oxygen atoms in total. The van der Waals surface area contributed by atoms with E-state index in [0.29, 0.717) is 17.6 Å². The molecular weight excluding hydrogens is 312 g/mol. The molecule has 0 amide bonds. The molecule has 3 rings (SSSR count). The lowest BCUT2D eigenvalue weighted by Crippen LogP contribution is -2.16. The van der Waals surface area contributed by atoms with Crippen molar-refractivity contribution in [3.05, 3.63) is 46.0 Å². The van der Waals surface area contributed by atoms with E-state index < -0.39 is 0 Å². The molecule has 120 valence electrons. The largest absolute Gasteiger partial charge is 0.350 e. The Hall–Kier alpha value is -2.35. The summed E-state index contributed by atoms with van der Waals surface area (Å²) in [6, 6.07) is 3.37. The van der Waals surface area contributed by atoms with Gasteiger partial charge in [0.25, 0.3) is 0 Å². The Morgan fingerprint density at radius 1 is 1.30 bits per heavy atom. The third-order valence-corrected chi connectivity index (χ3v) is 4.13. The van der Waals surface area contributed by atoms with Crippen molar-refractivity contribution in [1.82, 2.24) is 24.1 Å². The molecule has 0 fully saturated rings. The molecular formula is C15H18N6OS. The first kappa shape index (κ1) is 15.5. The van der Waals surface area contributed by atoms with Crippen LogP contribution < -0.4 is 10.9 Å². The zero-order valence-corrected chi connectivity index (χ0v) is 14.1. The van der Waals surface area contributed by atoms with Crippen LogP contribution in [0.2, 0.25) is 0 Å². The summed E-state index contributed by atoms with van der Waals surface area (Å²) in [5, 5.41) is 8.36. The first-order chi connectivity index (χ1) is 11.1. The highest BCUT2D eigenvalue weighted by Gasteiger charge is 2.11. The van der Waals surface area contributed by atoms with Gasteiger partial charge in [-0.3, -0.25) is 4.79 Å². The van der Waals surface area contributed by atoms with Gasteiger partial charge in [-0.25, -0.2) is 4.98 Å². The van der Waals surface area contributed by atoms with Crippen LogP contribution in [0, 0.1) is 0 Å². The molecule has 0 bridgehead atoms. The molecule has 0 aliphatic heterocycles. The number of aryl methyl sites for hydroxylation is 2. The molecule has 0 aliphatic rings. The molecule has 0 aliphatic carbocycles. The number of fused-ring (bicyclic) bond motifs is 1. The highest BCUT2D eigenvalue weighted by atomic mass is 32.2. The van der Waals surface area contributed by atoms with Crippen molar-refractivity contribution in [2.75, 3.05) is 11.6 Å². The van der Waals surface area contributed by atoms with E-state index in [9.17, 15) is 4.79 Å². The van der Waals surface area contributed by atoms with E-state index in [-0.39, 0.29) is 5.56 Å². The number of thioether (sulfide) groups is 1. The zero-order chi connectivity index (χ0) is 16.4. The van der Waals surface area contributed by atoms with Crippen molar-refractivity contribution in [2.24, 2.45) is 7.05 Å². The third-order valence-electron chi connectivity index (χ3n) is 3.58. The molecule has 0 aromatic carbocycles. The Morgan fingerprint density at radius 3 is 2.83 bits per heavy atom. The molecule has 3 heterocycles. The summed E-state index contributed by atoms with van der Waals surface area (Å²) in [6.07, 6.45) is 6.45. The van der Waals surface area contributed by atoms with Gasteiger partial charge < -0.3 is 9.88 Å². The van der Waals surface area contributed by atoms with Crippen LogP contribution in [-0.2, 0) is 20.0 Å². The molecule has 0 atom stereocenters. The van der Waals surface area contributed by atoms with E-state index in [2.05, 4.69) is 27.3 Å². The van der Waals surface area contributed by atoms with E-state index in [0.717, 1.165) is 23.2 Å². The van der Waals surface area contributed by atoms with Gasteiger partial charge in [-0.05, 0) is 18.2 Å². The third kappa shape index (κ3) is 3.07. The fourth-order valence-corrected chi connectivity index (χ4v) is 2.65. The van der Waals surface area contributed by atoms with Crippen LogP contribution in [0.5, 0.6) is 0 Å². The van der Waals surface area contributed by atoms with Gasteiger partial charge in [0, 0.05) is 31.4 Å². The number of anilines is 1. The first-order valence-electron chi connectivity index (χ1n) is 7.30. The molecule has 3 aromatic heterocycles. The van der Waals surface area contributed by atoms with Crippen LogP contribution in [-0.4, -0.2) is 30.4 Å². The van der Waals surface area contributed by atoms with Gasteiger partial charge in [0.05, 0.1) is 6.20 Å². The van der Waals surface area contributed by atoms with Crippen molar-refractivity contribution >= 4 is 23.4 Å². The summed E-state index contributed by atoms with van der Waals surface area (Å²) < 4.78 is 3.28. The standard InChI is InChI=1S/C15H18N6OS/c1-4-11-8-17-21-13(11)18-15(23-3)19-14(21)16-7-10-5-6-12(22)20(2)9-10/h5-6,8-9H,4,7H2,1-3H3,(H,16,18,19). The van der Waals surface area contributed by atoms with Gasteiger partial charge in [0.2, 0.25) is 11.5 Å². The molecule has 0 saturated carbocycles. The normalized spacial score (nSPS) is 11.1. The Labute approximate surface area is 137 Å². The summed E-state index contributed by atoms with van der Waals surface area (Å²) >= 11 is 1.50. The molecule has 0 radical (unpaired) electrons. The summed E-state index contributed by atoms with van der Waals surface area (Å²) in [5.74, 6) is 0.646. The minimum absolute atomic E-state index is 0.0255. The predicted octanol–water partition coefficient (Wildman–Crippen LogP) is 1.72. The van der Waals surface area contributed by atoms with Gasteiger partial charge in [-0.2, -0.15) is 14.6 Å². The van der Waals surface area contributed by atoms with Crippen LogP contribution in [0.25, 0.3) is 5.65 Å². The molecule has 1 N–H and O–H groups in total. The van der Waals surface area contributed by atoms with Gasteiger partial charge >= 0.3 is 0 Å². The highest BCUT2D eigenvalue weighted by Crippen LogP contribution is 2.18. The van der Waals surface area contributed by atoms with E-state index in [1.165, 1.54) is 11.8 Å². The van der Waals surface area contributed by atoms with Crippen molar-refractivity contribution in [3.8, 4) is 0 Å². The average Bonchev–Trinajstić information content (AvgIpc) is 2.98. The van der Waals surface area contributed by atoms with E-state index in [4.69, 9.17) is 0 Å². The van der Waals surface area contributed by atoms with E-state index >= 15 is 0 Å². The number of hydrogen-bond acceptors (Lipinski definition) is 6. The second-order valence-electron chi connectivity index (χ2n) is 5.13. The number of pyridine rings is 1. The molecule has 0 spiro atoms. The lowest BCUT2D eigenvalue weighted by atomic mass is 10.3. The maximum Gasteiger partial charge on any atom is 0.250 e. The Morgan fingerprint density at radius 2 is 2.13 bits per heavy atom. The van der Waals surface area contributed by atoms with Crippen LogP contribution in [0.15, 0.2) is 34.5 Å². The van der Waals surface area contributed by atoms with Gasteiger partial charge in [0.1, 0.15) is 0 Å². The van der Waals surface area contributed by atoms with Crippen LogP contribution in [0.3, 0.4) is 0 Å². The minimum atomic E-state index is -0.0255. The zero-order valence-electron chi connectivity index (χ0n) is 13.3. The molecule has 8 heteroatoms. The SMILES string of the molecule is CCc1cnn2c(NCc3ccc(=O)n(C)c3)nc(SC)nc12. The van der Waals surface area contributed by atoms with Crippen LogP contribution in [0.4, 0.5) is 5.95 Å². The Balaban J connectivity index is 1.93. The Kier molecular flexibility index (Phi) is 4.33. The predicted molar refractivity (Wildman–Crippen MR) is 91.0 cm³/mol. The number of rotatable bonds is 5. The fourth-order valence-electron chi connectivity index (χ4n) is 2.30. The van der Waals surface area contributed by atoms with Gasteiger partial charge in [-0.1, -0.05) is 24.8 Å².